The van der Waals surface area contributed by atoms with E-state index in [1.807, 2.05) is 18.7 Å². The Morgan fingerprint density at radius 2 is 2.00 bits per heavy atom. The third-order valence-corrected chi connectivity index (χ3v) is 4.84. The molecule has 0 aliphatic carbocycles. The van der Waals surface area contributed by atoms with Crippen molar-refractivity contribution in [3.63, 3.8) is 0 Å². The van der Waals surface area contributed by atoms with Crippen LogP contribution in [-0.4, -0.2) is 35.0 Å². The Kier molecular flexibility index (Phi) is 5.99. The van der Waals surface area contributed by atoms with Gasteiger partial charge < -0.3 is 10.4 Å². The number of rotatable bonds is 6. The first-order chi connectivity index (χ1) is 8.48. The fourth-order valence-corrected chi connectivity index (χ4v) is 3.13. The van der Waals surface area contributed by atoms with E-state index in [1.165, 1.54) is 0 Å². The van der Waals surface area contributed by atoms with Crippen LogP contribution in [0.3, 0.4) is 0 Å². The Labute approximate surface area is 113 Å². The third kappa shape index (κ3) is 4.52. The Bertz CT molecular complexity index is 303. The molecule has 18 heavy (non-hydrogen) atoms. The van der Waals surface area contributed by atoms with Crippen LogP contribution in [0, 0.1) is 11.3 Å². The van der Waals surface area contributed by atoms with Crippen LogP contribution in [-0.2, 0) is 9.59 Å². The Morgan fingerprint density at radius 3 is 2.50 bits per heavy atom. The number of hydrogen-bond donors (Lipinski definition) is 2. The molecule has 0 spiro atoms. The van der Waals surface area contributed by atoms with Crippen LogP contribution in [0.1, 0.15) is 39.5 Å². The molecule has 1 fully saturated rings. The van der Waals surface area contributed by atoms with Crippen LogP contribution in [0.25, 0.3) is 0 Å². The van der Waals surface area contributed by atoms with E-state index in [2.05, 4.69) is 5.32 Å². The Morgan fingerprint density at radius 1 is 1.39 bits per heavy atom. The summed E-state index contributed by atoms with van der Waals surface area (Å²) in [5, 5.41) is 11.9. The standard InChI is InChI=1S/C13H23NO3S/c1-3-13(2,12(16)17)9-14-11(15)8-10-4-6-18-7-5-10/h10H,3-9H2,1-2H3,(H,14,15)(H,16,17). The quantitative estimate of drug-likeness (QED) is 0.778. The van der Waals surface area contributed by atoms with Crippen molar-refractivity contribution in [1.82, 2.24) is 5.32 Å². The van der Waals surface area contributed by atoms with Crippen LogP contribution >= 0.6 is 11.8 Å². The zero-order chi connectivity index (χ0) is 13.6. The molecule has 0 radical (unpaired) electrons. The van der Waals surface area contributed by atoms with Crippen LogP contribution in [0.4, 0.5) is 0 Å². The molecule has 2 N–H and O–H groups in total. The first-order valence-corrected chi connectivity index (χ1v) is 7.71. The molecule has 1 aliphatic rings. The average Bonchev–Trinajstić information content (AvgIpc) is 2.37. The molecule has 0 aromatic heterocycles. The van der Waals surface area contributed by atoms with Gasteiger partial charge in [0.05, 0.1) is 5.41 Å². The van der Waals surface area contributed by atoms with Crippen molar-refractivity contribution in [2.75, 3.05) is 18.1 Å². The van der Waals surface area contributed by atoms with Crippen LogP contribution in [0.5, 0.6) is 0 Å². The van der Waals surface area contributed by atoms with Gasteiger partial charge in [-0.25, -0.2) is 0 Å². The molecule has 0 aromatic carbocycles. The van der Waals surface area contributed by atoms with Crippen LogP contribution < -0.4 is 5.32 Å². The summed E-state index contributed by atoms with van der Waals surface area (Å²) in [6.07, 6.45) is 3.26. The molecule has 1 heterocycles. The summed E-state index contributed by atoms with van der Waals surface area (Å²) in [7, 11) is 0. The minimum absolute atomic E-state index is 0.00664. The summed E-state index contributed by atoms with van der Waals surface area (Å²) in [5.74, 6) is 1.90. The smallest absolute Gasteiger partial charge is 0.311 e. The van der Waals surface area contributed by atoms with Gasteiger partial charge in [0.1, 0.15) is 0 Å². The average molecular weight is 273 g/mol. The van der Waals surface area contributed by atoms with Crippen molar-refractivity contribution >= 4 is 23.6 Å². The normalized spacial score (nSPS) is 20.1. The fraction of sp³-hybridized carbons (Fsp3) is 0.846. The second-order valence-electron chi connectivity index (χ2n) is 5.26. The largest absolute Gasteiger partial charge is 0.481 e. The number of carboxylic acid groups (broad SMARTS) is 1. The second kappa shape index (κ2) is 7.02. The van der Waals surface area contributed by atoms with Gasteiger partial charge in [0.15, 0.2) is 0 Å². The molecule has 0 bridgehead atoms. The number of carbonyl (C=O) groups excluding carboxylic acids is 1. The van der Waals surface area contributed by atoms with Crippen molar-refractivity contribution < 1.29 is 14.7 Å². The summed E-state index contributed by atoms with van der Waals surface area (Å²) in [6, 6.07) is 0. The third-order valence-electron chi connectivity index (χ3n) is 3.79. The molecule has 1 saturated heterocycles. The van der Waals surface area contributed by atoms with Gasteiger partial charge in [-0.2, -0.15) is 11.8 Å². The number of amides is 1. The predicted molar refractivity (Wildman–Crippen MR) is 73.7 cm³/mol. The second-order valence-corrected chi connectivity index (χ2v) is 6.48. The predicted octanol–water partition coefficient (Wildman–Crippen LogP) is 2.14. The molecule has 4 nitrogen and oxygen atoms in total. The van der Waals surface area contributed by atoms with Crippen molar-refractivity contribution in [1.29, 1.82) is 0 Å². The first kappa shape index (κ1) is 15.3. The molecular weight excluding hydrogens is 250 g/mol. The SMILES string of the molecule is CCC(C)(CNC(=O)CC1CCSCC1)C(=O)O. The van der Waals surface area contributed by atoms with E-state index >= 15 is 0 Å². The number of hydrogen-bond acceptors (Lipinski definition) is 3. The van der Waals surface area contributed by atoms with Crippen molar-refractivity contribution in [2.45, 2.75) is 39.5 Å². The maximum absolute atomic E-state index is 11.8. The maximum Gasteiger partial charge on any atom is 0.311 e. The lowest BCUT2D eigenvalue weighted by atomic mass is 9.87. The van der Waals surface area contributed by atoms with Crippen molar-refractivity contribution in [3.05, 3.63) is 0 Å². The summed E-state index contributed by atoms with van der Waals surface area (Å²) in [5.41, 5.74) is -0.849. The summed E-state index contributed by atoms with van der Waals surface area (Å²) in [6.45, 7) is 3.73. The molecule has 0 aromatic rings. The monoisotopic (exact) mass is 273 g/mol. The van der Waals surface area contributed by atoms with E-state index in [0.29, 0.717) is 18.8 Å². The lowest BCUT2D eigenvalue weighted by molar-refractivity contribution is -0.148. The number of thioether (sulfide) groups is 1. The molecular formula is C13H23NO3S. The minimum Gasteiger partial charge on any atom is -0.481 e. The van der Waals surface area contributed by atoms with Gasteiger partial charge in [-0.1, -0.05) is 6.92 Å². The number of nitrogens with one attached hydrogen (secondary N) is 1. The molecule has 1 atom stereocenters. The van der Waals surface area contributed by atoms with E-state index < -0.39 is 11.4 Å². The highest BCUT2D eigenvalue weighted by atomic mass is 32.2. The fourth-order valence-electron chi connectivity index (χ4n) is 1.93. The van der Waals surface area contributed by atoms with E-state index in [-0.39, 0.29) is 12.5 Å². The first-order valence-electron chi connectivity index (χ1n) is 6.56. The molecule has 1 unspecified atom stereocenters. The minimum atomic E-state index is -0.849. The van der Waals surface area contributed by atoms with Crippen molar-refractivity contribution in [3.8, 4) is 0 Å². The van der Waals surface area contributed by atoms with Gasteiger partial charge in [-0.05, 0) is 43.6 Å². The number of carboxylic acids is 1. The summed E-state index contributed by atoms with van der Waals surface area (Å²) >= 11 is 1.94. The highest BCUT2D eigenvalue weighted by molar-refractivity contribution is 7.99. The number of aliphatic carboxylic acids is 1. The molecule has 1 rings (SSSR count). The van der Waals surface area contributed by atoms with E-state index in [9.17, 15) is 9.59 Å². The Hall–Kier alpha value is -0.710. The molecule has 1 amide bonds. The van der Waals surface area contributed by atoms with E-state index in [4.69, 9.17) is 5.11 Å². The zero-order valence-electron chi connectivity index (χ0n) is 11.2. The highest BCUT2D eigenvalue weighted by Crippen LogP contribution is 2.25. The Balaban J connectivity index is 2.33. The van der Waals surface area contributed by atoms with Gasteiger partial charge >= 0.3 is 5.97 Å². The van der Waals surface area contributed by atoms with Gasteiger partial charge in [-0.3, -0.25) is 9.59 Å². The van der Waals surface area contributed by atoms with Gasteiger partial charge in [0.2, 0.25) is 5.91 Å². The summed E-state index contributed by atoms with van der Waals surface area (Å²) < 4.78 is 0. The molecule has 5 heteroatoms. The lowest BCUT2D eigenvalue weighted by Crippen LogP contribution is -2.41. The molecule has 104 valence electrons. The van der Waals surface area contributed by atoms with Gasteiger partial charge in [0.25, 0.3) is 0 Å². The maximum atomic E-state index is 11.8. The topological polar surface area (TPSA) is 66.4 Å². The van der Waals surface area contributed by atoms with E-state index in [1.54, 1.807) is 6.92 Å². The zero-order valence-corrected chi connectivity index (χ0v) is 12.0. The summed E-state index contributed by atoms with van der Waals surface area (Å²) in [4.78, 5) is 22.9. The lowest BCUT2D eigenvalue weighted by Gasteiger charge is -2.25. The number of carbonyl (C=O) groups is 2. The van der Waals surface area contributed by atoms with Gasteiger partial charge in [0, 0.05) is 13.0 Å². The van der Waals surface area contributed by atoms with E-state index in [0.717, 1.165) is 24.3 Å². The highest BCUT2D eigenvalue weighted by Gasteiger charge is 2.31. The van der Waals surface area contributed by atoms with Gasteiger partial charge in [-0.15, -0.1) is 0 Å². The van der Waals surface area contributed by atoms with Crippen LogP contribution in [0.15, 0.2) is 0 Å². The molecule has 0 saturated carbocycles. The van der Waals surface area contributed by atoms with Crippen molar-refractivity contribution in [2.24, 2.45) is 11.3 Å². The van der Waals surface area contributed by atoms with Crippen LogP contribution in [0.2, 0.25) is 0 Å². The molecule has 1 aliphatic heterocycles.